The summed E-state index contributed by atoms with van der Waals surface area (Å²) in [5, 5.41) is 2.86. The maximum absolute atomic E-state index is 12.6. The van der Waals surface area contributed by atoms with Crippen molar-refractivity contribution in [1.29, 1.82) is 0 Å². The van der Waals surface area contributed by atoms with Gasteiger partial charge in [-0.1, -0.05) is 11.6 Å². The normalized spacial score (nSPS) is 13.9. The number of hydrogen-bond acceptors (Lipinski definition) is 6. The lowest BCUT2D eigenvalue weighted by molar-refractivity contribution is -0.117. The summed E-state index contributed by atoms with van der Waals surface area (Å²) in [5.74, 6) is 0.660. The molecule has 3 rings (SSSR count). The van der Waals surface area contributed by atoms with E-state index < -0.39 is 22.0 Å². The fourth-order valence-electron chi connectivity index (χ4n) is 2.44. The standard InChI is InChI=1S/C17H17ClN2O6S/c1-10(17(21)19-12-4-6-13-15(8-12)26-9-25-13)20-27(22,23)16-7-11(18)3-5-14(16)24-2/h3-8,10,20H,9H2,1-2H3,(H,19,21)/t10-/m0/s1. The van der Waals surface area contributed by atoms with Gasteiger partial charge >= 0.3 is 0 Å². The summed E-state index contributed by atoms with van der Waals surface area (Å²) in [6.45, 7) is 1.54. The molecule has 0 spiro atoms. The number of carbonyl (C=O) groups is 1. The average Bonchev–Trinajstić information content (AvgIpc) is 3.09. The lowest BCUT2D eigenvalue weighted by atomic mass is 10.2. The molecule has 0 bridgehead atoms. The van der Waals surface area contributed by atoms with Gasteiger partial charge in [0.25, 0.3) is 0 Å². The van der Waals surface area contributed by atoms with Gasteiger partial charge in [0.1, 0.15) is 10.6 Å². The number of anilines is 1. The monoisotopic (exact) mass is 412 g/mol. The highest BCUT2D eigenvalue weighted by Gasteiger charge is 2.26. The molecule has 10 heteroatoms. The minimum atomic E-state index is -4.04. The number of halogens is 1. The SMILES string of the molecule is COc1ccc(Cl)cc1S(=O)(=O)N[C@@H](C)C(=O)Nc1ccc2c(c1)OCO2. The van der Waals surface area contributed by atoms with Crippen molar-refractivity contribution in [2.24, 2.45) is 0 Å². The third-order valence-electron chi connectivity index (χ3n) is 3.78. The highest BCUT2D eigenvalue weighted by atomic mass is 35.5. The fourth-order valence-corrected chi connectivity index (χ4v) is 4.07. The van der Waals surface area contributed by atoms with Crippen LogP contribution in [-0.2, 0) is 14.8 Å². The second kappa shape index (κ2) is 7.63. The van der Waals surface area contributed by atoms with Gasteiger partial charge in [0, 0.05) is 16.8 Å². The highest BCUT2D eigenvalue weighted by Crippen LogP contribution is 2.34. The van der Waals surface area contributed by atoms with Crippen molar-refractivity contribution in [3.63, 3.8) is 0 Å². The highest BCUT2D eigenvalue weighted by molar-refractivity contribution is 7.89. The molecule has 0 radical (unpaired) electrons. The van der Waals surface area contributed by atoms with Crippen LogP contribution in [0.3, 0.4) is 0 Å². The van der Waals surface area contributed by atoms with Crippen molar-refractivity contribution in [2.45, 2.75) is 17.9 Å². The zero-order valence-corrected chi connectivity index (χ0v) is 16.1. The first-order chi connectivity index (χ1) is 12.8. The first kappa shape index (κ1) is 19.3. The Morgan fingerprint density at radius 2 is 1.93 bits per heavy atom. The lowest BCUT2D eigenvalue weighted by Crippen LogP contribution is -2.41. The van der Waals surface area contributed by atoms with Gasteiger partial charge in [-0.25, -0.2) is 8.42 Å². The summed E-state index contributed by atoms with van der Waals surface area (Å²) < 4.78 is 43.1. The van der Waals surface area contributed by atoms with Gasteiger partial charge in [-0.05, 0) is 37.3 Å². The topological polar surface area (TPSA) is 103 Å². The Bertz CT molecular complexity index is 979. The van der Waals surface area contributed by atoms with Crippen LogP contribution in [0.5, 0.6) is 17.2 Å². The molecule has 144 valence electrons. The zero-order chi connectivity index (χ0) is 19.6. The summed E-state index contributed by atoms with van der Waals surface area (Å²) >= 11 is 5.88. The number of rotatable bonds is 6. The Labute approximate surface area is 161 Å². The zero-order valence-electron chi connectivity index (χ0n) is 14.5. The Morgan fingerprint density at radius 1 is 1.19 bits per heavy atom. The molecule has 0 aromatic heterocycles. The minimum absolute atomic E-state index is 0.115. The first-order valence-corrected chi connectivity index (χ1v) is 9.72. The van der Waals surface area contributed by atoms with E-state index in [0.29, 0.717) is 17.2 Å². The first-order valence-electron chi connectivity index (χ1n) is 7.86. The van der Waals surface area contributed by atoms with Crippen LogP contribution in [0, 0.1) is 0 Å². The molecule has 1 amide bonds. The largest absolute Gasteiger partial charge is 0.495 e. The molecule has 2 aromatic carbocycles. The van der Waals surface area contributed by atoms with E-state index in [1.165, 1.54) is 32.2 Å². The minimum Gasteiger partial charge on any atom is -0.495 e. The molecular formula is C17H17ClN2O6S. The van der Waals surface area contributed by atoms with Crippen molar-refractivity contribution in [3.05, 3.63) is 41.4 Å². The Kier molecular flexibility index (Phi) is 5.45. The molecule has 1 atom stereocenters. The van der Waals surface area contributed by atoms with Gasteiger partial charge in [0.05, 0.1) is 13.2 Å². The molecule has 8 nitrogen and oxygen atoms in total. The second-order valence-corrected chi connectivity index (χ2v) is 7.81. The summed E-state index contributed by atoms with van der Waals surface area (Å²) in [6.07, 6.45) is 0. The van der Waals surface area contributed by atoms with E-state index in [9.17, 15) is 13.2 Å². The van der Waals surface area contributed by atoms with Gasteiger partial charge in [0.15, 0.2) is 11.5 Å². The van der Waals surface area contributed by atoms with Crippen molar-refractivity contribution in [2.75, 3.05) is 19.2 Å². The average molecular weight is 413 g/mol. The van der Waals surface area contributed by atoms with Crippen LogP contribution >= 0.6 is 11.6 Å². The molecule has 1 aliphatic heterocycles. The molecular weight excluding hydrogens is 396 g/mol. The van der Waals surface area contributed by atoms with E-state index in [-0.39, 0.29) is 22.5 Å². The van der Waals surface area contributed by atoms with Crippen LogP contribution in [0.4, 0.5) is 5.69 Å². The predicted octanol–water partition coefficient (Wildman–Crippen LogP) is 2.38. The van der Waals surface area contributed by atoms with Crippen LogP contribution in [0.25, 0.3) is 0 Å². The molecule has 0 aliphatic carbocycles. The molecule has 0 saturated carbocycles. The van der Waals surface area contributed by atoms with Crippen molar-refractivity contribution < 1.29 is 27.4 Å². The van der Waals surface area contributed by atoms with E-state index >= 15 is 0 Å². The van der Waals surface area contributed by atoms with Crippen LogP contribution in [0.1, 0.15) is 6.92 Å². The maximum Gasteiger partial charge on any atom is 0.245 e. The predicted molar refractivity (Wildman–Crippen MR) is 99.0 cm³/mol. The second-order valence-electron chi connectivity index (χ2n) is 5.70. The van der Waals surface area contributed by atoms with Gasteiger partial charge < -0.3 is 19.5 Å². The van der Waals surface area contributed by atoms with E-state index in [2.05, 4.69) is 10.0 Å². The van der Waals surface area contributed by atoms with E-state index in [0.717, 1.165) is 0 Å². The van der Waals surface area contributed by atoms with Crippen LogP contribution in [0.15, 0.2) is 41.3 Å². The fraction of sp³-hybridized carbons (Fsp3) is 0.235. The molecule has 0 saturated heterocycles. The van der Waals surface area contributed by atoms with Crippen molar-refractivity contribution >= 4 is 33.2 Å². The summed E-state index contributed by atoms with van der Waals surface area (Å²) in [6, 6.07) is 8.04. The maximum atomic E-state index is 12.6. The van der Waals surface area contributed by atoms with Gasteiger partial charge in [-0.2, -0.15) is 4.72 Å². The lowest BCUT2D eigenvalue weighted by Gasteiger charge is -2.16. The van der Waals surface area contributed by atoms with Crippen molar-refractivity contribution in [1.82, 2.24) is 4.72 Å². The molecule has 27 heavy (non-hydrogen) atoms. The Hall–Kier alpha value is -2.49. The number of benzene rings is 2. The van der Waals surface area contributed by atoms with Crippen LogP contribution in [-0.4, -0.2) is 34.3 Å². The smallest absolute Gasteiger partial charge is 0.245 e. The van der Waals surface area contributed by atoms with Crippen LogP contribution in [0.2, 0.25) is 5.02 Å². The van der Waals surface area contributed by atoms with E-state index in [1.807, 2.05) is 0 Å². The third-order valence-corrected chi connectivity index (χ3v) is 5.58. The van der Waals surface area contributed by atoms with Gasteiger partial charge in [0.2, 0.25) is 22.7 Å². The van der Waals surface area contributed by atoms with E-state index in [4.69, 9.17) is 25.8 Å². The molecule has 1 aliphatic rings. The summed E-state index contributed by atoms with van der Waals surface area (Å²) in [7, 11) is -2.69. The quantitative estimate of drug-likeness (QED) is 0.755. The number of amides is 1. The molecule has 0 fully saturated rings. The molecule has 2 aromatic rings. The Morgan fingerprint density at radius 3 is 2.67 bits per heavy atom. The number of fused-ring (bicyclic) bond motifs is 1. The summed E-state index contributed by atoms with van der Waals surface area (Å²) in [4.78, 5) is 12.2. The summed E-state index contributed by atoms with van der Waals surface area (Å²) in [5.41, 5.74) is 0.454. The van der Waals surface area contributed by atoms with Crippen molar-refractivity contribution in [3.8, 4) is 17.2 Å². The van der Waals surface area contributed by atoms with E-state index in [1.54, 1.807) is 18.2 Å². The Balaban J connectivity index is 1.73. The molecule has 1 heterocycles. The molecule has 0 unspecified atom stereocenters. The molecule has 2 N–H and O–H groups in total. The van der Waals surface area contributed by atoms with Gasteiger partial charge in [-0.15, -0.1) is 0 Å². The number of hydrogen-bond donors (Lipinski definition) is 2. The van der Waals surface area contributed by atoms with Crippen LogP contribution < -0.4 is 24.2 Å². The number of sulfonamides is 1. The number of methoxy groups -OCH3 is 1. The number of ether oxygens (including phenoxy) is 3. The number of carbonyl (C=O) groups excluding carboxylic acids is 1. The van der Waals surface area contributed by atoms with Gasteiger partial charge in [-0.3, -0.25) is 4.79 Å². The number of nitrogens with one attached hydrogen (secondary N) is 2. The third kappa shape index (κ3) is 4.26.